The first-order valence-corrected chi connectivity index (χ1v) is 6.60. The molecule has 0 aliphatic heterocycles. The number of rotatable bonds is 4. The van der Waals surface area contributed by atoms with Gasteiger partial charge in [-0.2, -0.15) is 0 Å². The number of benzene rings is 2. The average molecular weight is 256 g/mol. The van der Waals surface area contributed by atoms with E-state index in [4.69, 9.17) is 0 Å². The van der Waals surface area contributed by atoms with Crippen molar-refractivity contribution in [1.82, 2.24) is 0 Å². The summed E-state index contributed by atoms with van der Waals surface area (Å²) < 4.78 is 0. The standard InChI is InChI=1S/C17H20O2/c1-12-10-15(11-13(2)17(12)19)16(18)9-8-14-6-4-3-5-7-14/h3-7,10-11,16,18-19H,8-9H2,1-2H3. The van der Waals surface area contributed by atoms with Crippen LogP contribution in [0.2, 0.25) is 0 Å². The van der Waals surface area contributed by atoms with Gasteiger partial charge in [-0.1, -0.05) is 30.3 Å². The van der Waals surface area contributed by atoms with E-state index in [9.17, 15) is 10.2 Å². The number of aryl methyl sites for hydroxylation is 3. The van der Waals surface area contributed by atoms with Crippen LogP contribution >= 0.6 is 0 Å². The smallest absolute Gasteiger partial charge is 0.121 e. The van der Waals surface area contributed by atoms with Crippen LogP contribution in [0.15, 0.2) is 42.5 Å². The molecule has 0 saturated carbocycles. The maximum atomic E-state index is 10.2. The summed E-state index contributed by atoms with van der Waals surface area (Å²) in [5, 5.41) is 20.0. The SMILES string of the molecule is Cc1cc(C(O)CCc2ccccc2)cc(C)c1O. The van der Waals surface area contributed by atoms with E-state index in [-0.39, 0.29) is 0 Å². The summed E-state index contributed by atoms with van der Waals surface area (Å²) in [6, 6.07) is 13.9. The molecular weight excluding hydrogens is 236 g/mol. The molecule has 0 bridgehead atoms. The van der Waals surface area contributed by atoms with E-state index in [0.717, 1.165) is 23.1 Å². The minimum absolute atomic E-state index is 0.319. The molecule has 2 heteroatoms. The van der Waals surface area contributed by atoms with Gasteiger partial charge in [-0.05, 0) is 61.1 Å². The van der Waals surface area contributed by atoms with Crippen molar-refractivity contribution in [2.45, 2.75) is 32.8 Å². The number of aromatic hydroxyl groups is 1. The number of aliphatic hydroxyl groups excluding tert-OH is 1. The second-order valence-corrected chi connectivity index (χ2v) is 5.04. The lowest BCUT2D eigenvalue weighted by atomic mass is 9.97. The zero-order valence-corrected chi connectivity index (χ0v) is 11.4. The molecule has 2 rings (SSSR count). The van der Waals surface area contributed by atoms with Crippen molar-refractivity contribution < 1.29 is 10.2 Å². The molecule has 0 amide bonds. The summed E-state index contributed by atoms with van der Waals surface area (Å²) in [4.78, 5) is 0. The number of aliphatic hydroxyl groups is 1. The third-order valence-corrected chi connectivity index (χ3v) is 3.45. The highest BCUT2D eigenvalue weighted by molar-refractivity contribution is 5.42. The van der Waals surface area contributed by atoms with E-state index < -0.39 is 6.10 Å². The highest BCUT2D eigenvalue weighted by atomic mass is 16.3. The first-order valence-electron chi connectivity index (χ1n) is 6.60. The summed E-state index contributed by atoms with van der Waals surface area (Å²) in [7, 11) is 0. The third kappa shape index (κ3) is 3.36. The highest BCUT2D eigenvalue weighted by Crippen LogP contribution is 2.28. The Morgan fingerprint density at radius 3 is 2.16 bits per heavy atom. The molecule has 100 valence electrons. The monoisotopic (exact) mass is 256 g/mol. The molecule has 2 aromatic rings. The predicted molar refractivity (Wildman–Crippen MR) is 77.3 cm³/mol. The van der Waals surface area contributed by atoms with Crippen LogP contribution < -0.4 is 0 Å². The van der Waals surface area contributed by atoms with E-state index in [1.807, 2.05) is 44.2 Å². The van der Waals surface area contributed by atoms with Crippen molar-refractivity contribution in [2.24, 2.45) is 0 Å². The second-order valence-electron chi connectivity index (χ2n) is 5.04. The van der Waals surface area contributed by atoms with Crippen LogP contribution in [0.3, 0.4) is 0 Å². The van der Waals surface area contributed by atoms with Gasteiger partial charge in [-0.3, -0.25) is 0 Å². The normalized spacial score (nSPS) is 12.4. The molecule has 0 aromatic heterocycles. The molecule has 1 unspecified atom stereocenters. The summed E-state index contributed by atoms with van der Waals surface area (Å²) in [6.07, 6.45) is 1.05. The highest BCUT2D eigenvalue weighted by Gasteiger charge is 2.11. The molecule has 0 spiro atoms. The zero-order valence-electron chi connectivity index (χ0n) is 11.4. The molecule has 2 aromatic carbocycles. The Hall–Kier alpha value is -1.80. The van der Waals surface area contributed by atoms with E-state index in [1.54, 1.807) is 0 Å². The van der Waals surface area contributed by atoms with Gasteiger partial charge in [0.25, 0.3) is 0 Å². The first kappa shape index (κ1) is 13.6. The zero-order chi connectivity index (χ0) is 13.8. The lowest BCUT2D eigenvalue weighted by Gasteiger charge is -2.14. The van der Waals surface area contributed by atoms with E-state index in [1.165, 1.54) is 5.56 Å². The number of phenols is 1. The van der Waals surface area contributed by atoms with Gasteiger partial charge in [0.15, 0.2) is 0 Å². The topological polar surface area (TPSA) is 40.5 Å². The number of phenolic OH excluding ortho intramolecular Hbond substituents is 1. The Morgan fingerprint density at radius 2 is 1.58 bits per heavy atom. The molecule has 0 fully saturated rings. The van der Waals surface area contributed by atoms with E-state index >= 15 is 0 Å². The number of hydrogen-bond donors (Lipinski definition) is 2. The maximum Gasteiger partial charge on any atom is 0.121 e. The predicted octanol–water partition coefficient (Wildman–Crippen LogP) is 3.68. The van der Waals surface area contributed by atoms with Crippen molar-refractivity contribution in [1.29, 1.82) is 0 Å². The minimum Gasteiger partial charge on any atom is -0.507 e. The Kier molecular flexibility index (Phi) is 4.23. The van der Waals surface area contributed by atoms with Crippen molar-refractivity contribution in [3.05, 3.63) is 64.7 Å². The van der Waals surface area contributed by atoms with Crippen LogP contribution in [0.4, 0.5) is 0 Å². The maximum absolute atomic E-state index is 10.2. The minimum atomic E-state index is -0.488. The fourth-order valence-electron chi connectivity index (χ4n) is 2.30. The Morgan fingerprint density at radius 1 is 1.00 bits per heavy atom. The summed E-state index contributed by atoms with van der Waals surface area (Å²) >= 11 is 0. The molecule has 0 aliphatic rings. The second kappa shape index (κ2) is 5.89. The van der Waals surface area contributed by atoms with Gasteiger partial charge in [0.1, 0.15) is 5.75 Å². The summed E-state index contributed by atoms with van der Waals surface area (Å²) in [6.45, 7) is 3.71. The van der Waals surface area contributed by atoms with Crippen LogP contribution in [0, 0.1) is 13.8 Å². The first-order chi connectivity index (χ1) is 9.08. The molecule has 0 radical (unpaired) electrons. The Balaban J connectivity index is 2.06. The largest absolute Gasteiger partial charge is 0.507 e. The van der Waals surface area contributed by atoms with Crippen LogP contribution in [-0.4, -0.2) is 10.2 Å². The van der Waals surface area contributed by atoms with Gasteiger partial charge in [-0.25, -0.2) is 0 Å². The molecule has 1 atom stereocenters. The van der Waals surface area contributed by atoms with Crippen LogP contribution in [-0.2, 0) is 6.42 Å². The molecule has 0 heterocycles. The van der Waals surface area contributed by atoms with E-state index in [0.29, 0.717) is 12.2 Å². The van der Waals surface area contributed by atoms with Crippen LogP contribution in [0.5, 0.6) is 5.75 Å². The van der Waals surface area contributed by atoms with E-state index in [2.05, 4.69) is 12.1 Å². The molecule has 19 heavy (non-hydrogen) atoms. The average Bonchev–Trinajstić information content (AvgIpc) is 2.42. The van der Waals surface area contributed by atoms with Gasteiger partial charge in [0.05, 0.1) is 6.10 Å². The van der Waals surface area contributed by atoms with Crippen LogP contribution in [0.25, 0.3) is 0 Å². The van der Waals surface area contributed by atoms with Gasteiger partial charge < -0.3 is 10.2 Å². The molecule has 0 saturated heterocycles. The molecule has 2 nitrogen and oxygen atoms in total. The quantitative estimate of drug-likeness (QED) is 0.876. The molecule has 0 aliphatic carbocycles. The summed E-state index contributed by atoms with van der Waals surface area (Å²) in [5.74, 6) is 0.319. The summed E-state index contributed by atoms with van der Waals surface area (Å²) in [5.41, 5.74) is 3.74. The third-order valence-electron chi connectivity index (χ3n) is 3.45. The van der Waals surface area contributed by atoms with Crippen molar-refractivity contribution >= 4 is 0 Å². The Bertz CT molecular complexity index is 523. The van der Waals surface area contributed by atoms with Crippen molar-refractivity contribution in [3.63, 3.8) is 0 Å². The fourth-order valence-corrected chi connectivity index (χ4v) is 2.30. The van der Waals surface area contributed by atoms with Gasteiger partial charge >= 0.3 is 0 Å². The molecule has 2 N–H and O–H groups in total. The van der Waals surface area contributed by atoms with Crippen LogP contribution in [0.1, 0.15) is 34.8 Å². The fraction of sp³-hybridized carbons (Fsp3) is 0.294. The van der Waals surface area contributed by atoms with Crippen molar-refractivity contribution in [2.75, 3.05) is 0 Å². The lowest BCUT2D eigenvalue weighted by Crippen LogP contribution is -2.01. The number of hydrogen-bond acceptors (Lipinski definition) is 2. The van der Waals surface area contributed by atoms with Crippen molar-refractivity contribution in [3.8, 4) is 5.75 Å². The lowest BCUT2D eigenvalue weighted by molar-refractivity contribution is 0.167. The Labute approximate surface area is 114 Å². The van der Waals surface area contributed by atoms with Gasteiger partial charge in [0.2, 0.25) is 0 Å². The molecular formula is C17H20O2. The van der Waals surface area contributed by atoms with Gasteiger partial charge in [-0.15, -0.1) is 0 Å². The van der Waals surface area contributed by atoms with Gasteiger partial charge in [0, 0.05) is 0 Å².